The lowest BCUT2D eigenvalue weighted by Crippen LogP contribution is -2.53. The van der Waals surface area contributed by atoms with Crippen LogP contribution in [0.15, 0.2) is 24.3 Å². The molecule has 11 heteroatoms. The largest absolute Gasteiger partial charge is 0.573 e. The number of alkyl halides is 5. The van der Waals surface area contributed by atoms with Crippen LogP contribution in [0.2, 0.25) is 0 Å². The van der Waals surface area contributed by atoms with Gasteiger partial charge in [-0.15, -0.1) is 13.2 Å². The van der Waals surface area contributed by atoms with Crippen LogP contribution in [0.3, 0.4) is 0 Å². The van der Waals surface area contributed by atoms with Crippen LogP contribution in [-0.4, -0.2) is 61.2 Å². The lowest BCUT2D eigenvalue weighted by molar-refractivity contribution is -0.274. The Bertz CT molecular complexity index is 923. The van der Waals surface area contributed by atoms with Crippen LogP contribution in [0.5, 0.6) is 5.75 Å². The second-order valence-electron chi connectivity index (χ2n) is 11.0. The van der Waals surface area contributed by atoms with Crippen molar-refractivity contribution in [2.24, 2.45) is 11.8 Å². The predicted molar refractivity (Wildman–Crippen MR) is 137 cm³/mol. The molecule has 6 nitrogen and oxygen atoms in total. The third-order valence-electron chi connectivity index (χ3n) is 7.87. The van der Waals surface area contributed by atoms with Crippen molar-refractivity contribution in [3.05, 3.63) is 29.8 Å². The molecule has 2 aliphatic rings. The van der Waals surface area contributed by atoms with Crippen molar-refractivity contribution >= 4 is 6.03 Å². The molecule has 0 radical (unpaired) electrons. The summed E-state index contributed by atoms with van der Waals surface area (Å²) in [6.45, 7) is 3.15. The topological polar surface area (TPSA) is 71.0 Å². The highest BCUT2D eigenvalue weighted by molar-refractivity contribution is 5.74. The summed E-state index contributed by atoms with van der Waals surface area (Å²) < 4.78 is 74.5. The van der Waals surface area contributed by atoms with Gasteiger partial charge in [0.1, 0.15) is 5.75 Å². The van der Waals surface area contributed by atoms with E-state index in [0.717, 1.165) is 6.42 Å². The maximum atomic E-state index is 13.3. The number of nitrogens with one attached hydrogen (secondary N) is 1. The maximum absolute atomic E-state index is 13.3. The molecule has 1 aromatic carbocycles. The minimum Gasteiger partial charge on any atom is -0.406 e. The number of likely N-dealkylation sites (tertiary alicyclic amines) is 1. The van der Waals surface area contributed by atoms with E-state index in [9.17, 15) is 31.9 Å². The van der Waals surface area contributed by atoms with Crippen molar-refractivity contribution in [3.8, 4) is 5.75 Å². The van der Waals surface area contributed by atoms with Gasteiger partial charge in [-0.3, -0.25) is 0 Å². The number of hydrogen-bond acceptors (Lipinski definition) is 4. The highest BCUT2D eigenvalue weighted by Crippen LogP contribution is 2.45. The zero-order valence-electron chi connectivity index (χ0n) is 22.7. The number of amides is 2. The van der Waals surface area contributed by atoms with E-state index in [1.807, 2.05) is 6.92 Å². The Morgan fingerprint density at radius 2 is 2.00 bits per heavy atom. The van der Waals surface area contributed by atoms with Gasteiger partial charge in [0.25, 0.3) is 0 Å². The molecule has 3 atom stereocenters. The third-order valence-corrected chi connectivity index (χ3v) is 7.87. The number of carbonyl (C=O) groups excluding carboxylic acids is 1. The molecule has 1 aromatic rings. The fourth-order valence-corrected chi connectivity index (χ4v) is 5.96. The van der Waals surface area contributed by atoms with E-state index in [0.29, 0.717) is 57.2 Å². The number of benzene rings is 1. The molecule has 1 saturated heterocycles. The Labute approximate surface area is 227 Å². The number of methoxy groups -OCH3 is 1. The SMILES string of the molecule is CCC[C@H](CC1CC(F)(F)C1)NC(=O)N1CCC[C@@H]([C@@](O)(CCCCOC)c2cccc(OC(F)(F)F)c2)C1. The standard InChI is InChI=1S/C28H41F5N2O4/c1-3-8-23(15-20-17-26(29,30)18-20)34-25(36)35-13-7-10-22(19-35)27(37,12-4-5-14-38-2)21-9-6-11-24(16-21)39-28(31,32)33/h6,9,11,16,20,22-23,37H,3-5,7-8,10,12-15,17-19H2,1-2H3,(H,34,36)/t22-,23-,27-/m1/s1. The van der Waals surface area contributed by atoms with Gasteiger partial charge in [-0.2, -0.15) is 0 Å². The number of rotatable bonds is 13. The monoisotopic (exact) mass is 564 g/mol. The van der Waals surface area contributed by atoms with Gasteiger partial charge in [-0.05, 0) is 68.6 Å². The van der Waals surface area contributed by atoms with Crippen LogP contribution in [0.4, 0.5) is 26.7 Å². The summed E-state index contributed by atoms with van der Waals surface area (Å²) in [5.74, 6) is -3.56. The van der Waals surface area contributed by atoms with E-state index in [1.165, 1.54) is 18.2 Å². The smallest absolute Gasteiger partial charge is 0.406 e. The number of piperidine rings is 1. The predicted octanol–water partition coefficient (Wildman–Crippen LogP) is 6.62. The second kappa shape index (κ2) is 13.5. The Kier molecular flexibility index (Phi) is 10.8. The Morgan fingerprint density at radius 1 is 1.26 bits per heavy atom. The summed E-state index contributed by atoms with van der Waals surface area (Å²) in [5.41, 5.74) is -1.18. The first kappa shape index (κ1) is 31.4. The van der Waals surface area contributed by atoms with Crippen molar-refractivity contribution in [2.45, 2.75) is 95.1 Å². The molecule has 1 saturated carbocycles. The van der Waals surface area contributed by atoms with Gasteiger partial charge in [-0.1, -0.05) is 25.5 Å². The summed E-state index contributed by atoms with van der Waals surface area (Å²) in [7, 11) is 1.57. The molecule has 2 fully saturated rings. The Morgan fingerprint density at radius 3 is 2.64 bits per heavy atom. The van der Waals surface area contributed by atoms with Crippen molar-refractivity contribution in [3.63, 3.8) is 0 Å². The first-order valence-corrected chi connectivity index (χ1v) is 13.9. The molecule has 2 N–H and O–H groups in total. The van der Waals surface area contributed by atoms with Gasteiger partial charge in [0.15, 0.2) is 0 Å². The summed E-state index contributed by atoms with van der Waals surface area (Å²) in [4.78, 5) is 14.9. The molecule has 0 bridgehead atoms. The zero-order chi connectivity index (χ0) is 28.7. The normalized spacial score (nSPS) is 22.1. The van der Waals surface area contributed by atoms with Crippen molar-refractivity contribution in [2.75, 3.05) is 26.8 Å². The van der Waals surface area contributed by atoms with Crippen LogP contribution in [0, 0.1) is 11.8 Å². The number of hydrogen-bond donors (Lipinski definition) is 2. The quantitative estimate of drug-likeness (QED) is 0.209. The van der Waals surface area contributed by atoms with Gasteiger partial charge in [0.05, 0.1) is 5.60 Å². The first-order chi connectivity index (χ1) is 18.3. The summed E-state index contributed by atoms with van der Waals surface area (Å²) in [6.07, 6.45) is -0.467. The van der Waals surface area contributed by atoms with E-state index in [1.54, 1.807) is 18.1 Å². The second-order valence-corrected chi connectivity index (χ2v) is 11.0. The number of halogens is 5. The van der Waals surface area contributed by atoms with E-state index in [4.69, 9.17) is 4.74 Å². The molecule has 0 aromatic heterocycles. The van der Waals surface area contributed by atoms with Crippen molar-refractivity contribution in [1.82, 2.24) is 10.2 Å². The van der Waals surface area contributed by atoms with Crippen LogP contribution >= 0.6 is 0 Å². The lowest BCUT2D eigenvalue weighted by atomic mass is 9.74. The minimum absolute atomic E-state index is 0.116. The summed E-state index contributed by atoms with van der Waals surface area (Å²) in [6, 6.07) is 4.89. The highest BCUT2D eigenvalue weighted by Gasteiger charge is 2.46. The van der Waals surface area contributed by atoms with Crippen LogP contribution < -0.4 is 10.1 Å². The molecule has 1 aliphatic heterocycles. The highest BCUT2D eigenvalue weighted by atomic mass is 19.4. The molecule has 1 heterocycles. The van der Waals surface area contributed by atoms with E-state index < -0.39 is 29.6 Å². The van der Waals surface area contributed by atoms with Gasteiger partial charge >= 0.3 is 12.4 Å². The fourth-order valence-electron chi connectivity index (χ4n) is 5.96. The van der Waals surface area contributed by atoms with Crippen molar-refractivity contribution in [1.29, 1.82) is 0 Å². The minimum atomic E-state index is -4.86. The molecule has 3 rings (SSSR count). The average molecular weight is 565 g/mol. The molecule has 39 heavy (non-hydrogen) atoms. The maximum Gasteiger partial charge on any atom is 0.573 e. The Hall–Kier alpha value is -2.14. The van der Waals surface area contributed by atoms with Gasteiger partial charge < -0.3 is 24.8 Å². The van der Waals surface area contributed by atoms with Crippen molar-refractivity contribution < 1.29 is 41.3 Å². The van der Waals surface area contributed by atoms with Gasteiger partial charge in [-0.25, -0.2) is 13.6 Å². The van der Waals surface area contributed by atoms with Crippen LogP contribution in [0.25, 0.3) is 0 Å². The number of aliphatic hydroxyl groups is 1. The van der Waals surface area contributed by atoms with E-state index in [-0.39, 0.29) is 43.8 Å². The van der Waals surface area contributed by atoms with E-state index >= 15 is 0 Å². The zero-order valence-corrected chi connectivity index (χ0v) is 22.7. The summed E-state index contributed by atoms with van der Waals surface area (Å²) in [5, 5.41) is 15.0. The molecular formula is C28H41F5N2O4. The molecule has 1 aliphatic carbocycles. The third kappa shape index (κ3) is 9.20. The molecule has 2 amide bonds. The average Bonchev–Trinajstić information content (AvgIpc) is 2.84. The first-order valence-electron chi connectivity index (χ1n) is 13.9. The van der Waals surface area contributed by atoms with Crippen LogP contribution in [0.1, 0.15) is 76.7 Å². The fraction of sp³-hybridized carbons (Fsp3) is 0.750. The van der Waals surface area contributed by atoms with Gasteiger partial charge in [0, 0.05) is 51.6 Å². The number of urea groups is 1. The molecular weight excluding hydrogens is 523 g/mol. The number of nitrogens with zero attached hydrogens (tertiary/aromatic N) is 1. The van der Waals surface area contributed by atoms with E-state index in [2.05, 4.69) is 10.1 Å². The number of ether oxygens (including phenoxy) is 2. The lowest BCUT2D eigenvalue weighted by Gasteiger charge is -2.43. The summed E-state index contributed by atoms with van der Waals surface area (Å²) >= 11 is 0. The molecule has 0 unspecified atom stereocenters. The van der Waals surface area contributed by atoms with Gasteiger partial charge in [0.2, 0.25) is 5.92 Å². The Balaban J connectivity index is 1.73. The molecule has 222 valence electrons. The van der Waals surface area contributed by atoms with Crippen LogP contribution in [-0.2, 0) is 10.3 Å². The molecule has 0 spiro atoms. The number of carbonyl (C=O) groups is 1. The number of unbranched alkanes of at least 4 members (excludes halogenated alkanes) is 1.